The molecule has 0 unspecified atom stereocenters. The van der Waals surface area contributed by atoms with Crippen molar-refractivity contribution in [3.05, 3.63) is 102 Å². The molecule has 11 heteroatoms. The number of benzene rings is 1. The van der Waals surface area contributed by atoms with Crippen molar-refractivity contribution in [3.8, 4) is 0 Å². The number of hydrogen-bond donors (Lipinski definition) is 1. The zero-order valence-corrected chi connectivity index (χ0v) is 22.2. The van der Waals surface area contributed by atoms with Crippen LogP contribution >= 0.6 is 0 Å². The van der Waals surface area contributed by atoms with Gasteiger partial charge >= 0.3 is 0 Å². The van der Waals surface area contributed by atoms with E-state index >= 15 is 0 Å². The highest BCUT2D eigenvalue weighted by atomic mass is 32.2. The van der Waals surface area contributed by atoms with Gasteiger partial charge in [-0.2, -0.15) is 9.61 Å². The monoisotopic (exact) mass is 537 g/mol. The zero-order valence-electron chi connectivity index (χ0n) is 21.4. The molecule has 0 bridgehead atoms. The number of nitrogens with zero attached hydrogens (tertiary/aromatic N) is 6. The number of nitrogens with one attached hydrogen (secondary N) is 1. The quantitative estimate of drug-likeness (QED) is 0.304. The first-order valence-electron chi connectivity index (χ1n) is 13.0. The van der Waals surface area contributed by atoms with Gasteiger partial charge in [0.05, 0.1) is 4.90 Å². The molecule has 39 heavy (non-hydrogen) atoms. The van der Waals surface area contributed by atoms with Gasteiger partial charge in [-0.1, -0.05) is 24.3 Å². The van der Waals surface area contributed by atoms with Crippen LogP contribution in [-0.4, -0.2) is 57.8 Å². The lowest BCUT2D eigenvalue weighted by Crippen LogP contribution is -2.34. The molecule has 1 N–H and O–H groups in total. The van der Waals surface area contributed by atoms with Crippen LogP contribution in [0.4, 0.5) is 5.82 Å². The minimum atomic E-state index is -3.63. The zero-order chi connectivity index (χ0) is 26.8. The topological polar surface area (TPSA) is 97.4 Å². The van der Waals surface area contributed by atoms with Crippen LogP contribution in [0.5, 0.6) is 0 Å². The van der Waals surface area contributed by atoms with E-state index in [-0.39, 0.29) is 10.8 Å². The van der Waals surface area contributed by atoms with Crippen molar-refractivity contribution >= 4 is 34.8 Å². The van der Waals surface area contributed by atoms with E-state index < -0.39 is 10.0 Å². The molecule has 6 rings (SSSR count). The van der Waals surface area contributed by atoms with E-state index in [0.717, 1.165) is 48.7 Å². The number of piperidine rings is 1. The summed E-state index contributed by atoms with van der Waals surface area (Å²) in [7, 11) is 2.57. The number of likely N-dealkylation sites (tertiary alicyclic amines) is 1. The van der Waals surface area contributed by atoms with Crippen molar-refractivity contribution in [1.82, 2.24) is 28.5 Å². The van der Waals surface area contributed by atoms with Crippen LogP contribution < -0.4 is 10.8 Å². The first-order valence-corrected chi connectivity index (χ1v) is 14.4. The molecule has 1 saturated heterocycles. The largest absolute Gasteiger partial charge is 0.366 e. The maximum atomic E-state index is 13.2. The van der Waals surface area contributed by atoms with Crippen LogP contribution in [0.25, 0.3) is 5.65 Å². The van der Waals surface area contributed by atoms with Crippen molar-refractivity contribution in [2.45, 2.75) is 36.7 Å². The van der Waals surface area contributed by atoms with Crippen LogP contribution in [0.2, 0.25) is 0 Å². The second-order valence-electron chi connectivity index (χ2n) is 9.78. The third-order valence-electron chi connectivity index (χ3n) is 7.20. The Kier molecular flexibility index (Phi) is 6.93. The van der Waals surface area contributed by atoms with Gasteiger partial charge < -0.3 is 5.32 Å². The highest BCUT2D eigenvalue weighted by Gasteiger charge is 2.25. The van der Waals surface area contributed by atoms with Gasteiger partial charge in [0.15, 0.2) is 0 Å². The van der Waals surface area contributed by atoms with Crippen molar-refractivity contribution < 1.29 is 8.42 Å². The van der Waals surface area contributed by atoms with E-state index in [1.807, 2.05) is 30.5 Å². The third kappa shape index (κ3) is 5.19. The van der Waals surface area contributed by atoms with E-state index in [1.165, 1.54) is 3.97 Å². The summed E-state index contributed by atoms with van der Waals surface area (Å²) in [4.78, 5) is 11.7. The minimum Gasteiger partial charge on any atom is -0.366 e. The van der Waals surface area contributed by atoms with E-state index in [4.69, 9.17) is 12.8 Å². The molecular formula is C28H28BN7O2S. The highest BCUT2D eigenvalue weighted by Crippen LogP contribution is 2.30. The molecule has 2 radical (unpaired) electrons. The van der Waals surface area contributed by atoms with Gasteiger partial charge in [0.2, 0.25) is 0 Å². The van der Waals surface area contributed by atoms with Crippen molar-refractivity contribution in [2.24, 2.45) is 0 Å². The maximum Gasteiger partial charge on any atom is 0.267 e. The van der Waals surface area contributed by atoms with Crippen LogP contribution in [0, 0.1) is 0 Å². The van der Waals surface area contributed by atoms with Crippen LogP contribution in [0.3, 0.4) is 0 Å². The summed E-state index contributed by atoms with van der Waals surface area (Å²) in [5, 5.41) is 7.88. The third-order valence-corrected chi connectivity index (χ3v) is 8.94. The van der Waals surface area contributed by atoms with Crippen molar-refractivity contribution in [2.75, 3.05) is 18.4 Å². The maximum absolute atomic E-state index is 13.2. The molecule has 0 aliphatic carbocycles. The summed E-state index contributed by atoms with van der Waals surface area (Å²) in [6, 6.07) is 18.2. The number of rotatable bonds is 8. The lowest BCUT2D eigenvalue weighted by Gasteiger charge is -2.32. The standard InChI is InChI=1S/C28H28BN7O2S/c29-25-19-32-36-27(31-18-21-6-4-12-30-17-21)16-26(33-28(25)36)22-10-14-34(15-11-22)20-23-7-5-13-35(23)39(37,38)24-8-2-1-3-9-24/h1-9,12-13,16-17,19,22,31H,10-11,14-15,18,20H2. The molecule has 196 valence electrons. The van der Waals surface area contributed by atoms with E-state index in [9.17, 15) is 8.42 Å². The Morgan fingerprint density at radius 3 is 2.59 bits per heavy atom. The summed E-state index contributed by atoms with van der Waals surface area (Å²) in [5.74, 6) is 1.10. The average Bonchev–Trinajstić information content (AvgIpc) is 3.60. The van der Waals surface area contributed by atoms with Crippen LogP contribution in [0.1, 0.15) is 35.7 Å². The molecule has 1 aromatic carbocycles. The molecular weight excluding hydrogens is 509 g/mol. The Morgan fingerprint density at radius 1 is 1.00 bits per heavy atom. The molecule has 9 nitrogen and oxygen atoms in total. The van der Waals surface area contributed by atoms with Crippen molar-refractivity contribution in [3.63, 3.8) is 0 Å². The molecule has 0 atom stereocenters. The lowest BCUT2D eigenvalue weighted by molar-refractivity contribution is 0.201. The predicted octanol–water partition coefficient (Wildman–Crippen LogP) is 2.95. The van der Waals surface area contributed by atoms with Gasteiger partial charge in [0, 0.05) is 61.2 Å². The fourth-order valence-corrected chi connectivity index (χ4v) is 6.50. The Hall–Kier alpha value is -3.96. The molecule has 5 aromatic rings. The van der Waals surface area contributed by atoms with Gasteiger partial charge in [-0.25, -0.2) is 17.4 Å². The number of pyridine rings is 1. The first-order chi connectivity index (χ1) is 19.0. The molecule has 4 aromatic heterocycles. The number of anilines is 1. The second-order valence-corrected chi connectivity index (χ2v) is 11.6. The van der Waals surface area contributed by atoms with Gasteiger partial charge in [0.25, 0.3) is 10.0 Å². The molecule has 1 aliphatic heterocycles. The van der Waals surface area contributed by atoms with Crippen LogP contribution in [0.15, 0.2) is 90.3 Å². The Bertz CT molecular complexity index is 1680. The van der Waals surface area contributed by atoms with Gasteiger partial charge in [-0.05, 0) is 67.3 Å². The van der Waals surface area contributed by atoms with Gasteiger partial charge in [-0.15, -0.1) is 0 Å². The van der Waals surface area contributed by atoms with Gasteiger partial charge in [0.1, 0.15) is 19.3 Å². The number of aromatic nitrogens is 5. The Balaban J connectivity index is 1.16. The summed E-state index contributed by atoms with van der Waals surface area (Å²) < 4.78 is 29.5. The Morgan fingerprint density at radius 2 is 1.82 bits per heavy atom. The minimum absolute atomic E-state index is 0.263. The lowest BCUT2D eigenvalue weighted by atomic mass is 9.92. The smallest absolute Gasteiger partial charge is 0.267 e. The summed E-state index contributed by atoms with van der Waals surface area (Å²) in [6.45, 7) is 2.84. The Labute approximate surface area is 229 Å². The first kappa shape index (κ1) is 25.3. The molecule has 1 aliphatic rings. The molecule has 5 heterocycles. The van der Waals surface area contributed by atoms with Gasteiger partial charge in [-0.3, -0.25) is 9.88 Å². The average molecular weight is 537 g/mol. The highest BCUT2D eigenvalue weighted by molar-refractivity contribution is 7.90. The predicted molar refractivity (Wildman–Crippen MR) is 151 cm³/mol. The second kappa shape index (κ2) is 10.7. The fourth-order valence-electron chi connectivity index (χ4n) is 5.11. The molecule has 0 spiro atoms. The number of fused-ring (bicyclic) bond motifs is 1. The van der Waals surface area contributed by atoms with Crippen molar-refractivity contribution in [1.29, 1.82) is 0 Å². The molecule has 0 amide bonds. The fraction of sp³-hybridized carbons (Fsp3) is 0.250. The van der Waals surface area contributed by atoms with E-state index in [1.54, 1.807) is 53.4 Å². The molecule has 1 fully saturated rings. The summed E-state index contributed by atoms with van der Waals surface area (Å²) >= 11 is 0. The normalized spacial score (nSPS) is 15.1. The van der Waals surface area contributed by atoms with E-state index in [2.05, 4.69) is 26.4 Å². The summed E-state index contributed by atoms with van der Waals surface area (Å²) in [6.07, 6.45) is 8.66. The number of hydrogen-bond acceptors (Lipinski definition) is 7. The molecule has 0 saturated carbocycles. The van der Waals surface area contributed by atoms with Crippen LogP contribution in [-0.2, 0) is 23.1 Å². The SMILES string of the molecule is [B]c1cnn2c(NCc3cccnc3)cc(C3CCN(Cc4cccn4S(=O)(=O)c4ccccc4)CC3)nc12. The van der Waals surface area contributed by atoms with E-state index in [0.29, 0.717) is 24.2 Å². The summed E-state index contributed by atoms with van der Waals surface area (Å²) in [5.41, 5.74) is 3.99.